The largest absolute Gasteiger partial charge is 0.348 e. The van der Waals surface area contributed by atoms with Crippen LogP contribution in [0.3, 0.4) is 0 Å². The zero-order chi connectivity index (χ0) is 14.5. The predicted molar refractivity (Wildman–Crippen MR) is 77.2 cm³/mol. The molecule has 1 aromatic rings. The molecule has 1 heterocycles. The molecule has 0 aliphatic heterocycles. The number of nitrogens with two attached hydrogens (primary N) is 1. The topological polar surface area (TPSA) is 85.8 Å². The summed E-state index contributed by atoms with van der Waals surface area (Å²) in [5, 5.41) is 11.0. The summed E-state index contributed by atoms with van der Waals surface area (Å²) in [4.78, 5) is 12.1. The minimum atomic E-state index is -0.124. The monoisotopic (exact) mass is 279 g/mol. The molecule has 0 spiro atoms. The lowest BCUT2D eigenvalue weighted by molar-refractivity contribution is 0.0920. The molecule has 6 heteroatoms. The minimum absolute atomic E-state index is 0.124. The van der Waals surface area contributed by atoms with E-state index in [1.807, 2.05) is 0 Å². The molecule has 0 saturated heterocycles. The van der Waals surface area contributed by atoms with Crippen molar-refractivity contribution >= 4 is 5.91 Å². The second-order valence-corrected chi connectivity index (χ2v) is 6.13. The molecule has 0 bridgehead atoms. The molecular weight excluding hydrogens is 254 g/mol. The number of aryl methyl sites for hydroxylation is 1. The Kier molecular flexibility index (Phi) is 5.11. The van der Waals surface area contributed by atoms with Crippen LogP contribution in [0.15, 0.2) is 6.20 Å². The van der Waals surface area contributed by atoms with Crippen LogP contribution in [0.5, 0.6) is 0 Å². The molecule has 1 fully saturated rings. The van der Waals surface area contributed by atoms with Gasteiger partial charge >= 0.3 is 0 Å². The van der Waals surface area contributed by atoms with Crippen LogP contribution >= 0.6 is 0 Å². The minimum Gasteiger partial charge on any atom is -0.348 e. The van der Waals surface area contributed by atoms with Gasteiger partial charge in [0, 0.05) is 18.6 Å². The van der Waals surface area contributed by atoms with Gasteiger partial charge in [-0.15, -0.1) is 5.10 Å². The van der Waals surface area contributed by atoms with Crippen molar-refractivity contribution in [2.45, 2.75) is 64.6 Å². The van der Waals surface area contributed by atoms with Gasteiger partial charge in [0.25, 0.3) is 5.91 Å². The SMILES string of the molecule is CC(C)CCn1cc(C(=O)NC2CCC(N)CC2)nn1. The Balaban J connectivity index is 1.83. The molecule has 1 aliphatic rings. The summed E-state index contributed by atoms with van der Waals surface area (Å²) >= 11 is 0. The Morgan fingerprint density at radius 2 is 2.15 bits per heavy atom. The maximum Gasteiger partial charge on any atom is 0.273 e. The van der Waals surface area contributed by atoms with Gasteiger partial charge < -0.3 is 11.1 Å². The summed E-state index contributed by atoms with van der Waals surface area (Å²) in [5.41, 5.74) is 6.27. The number of amides is 1. The number of carbonyl (C=O) groups excluding carboxylic acids is 1. The second-order valence-electron chi connectivity index (χ2n) is 6.13. The standard InChI is InChI=1S/C14H25N5O/c1-10(2)7-8-19-9-13(17-18-19)14(20)16-12-5-3-11(15)4-6-12/h9-12H,3-8,15H2,1-2H3,(H,16,20). The van der Waals surface area contributed by atoms with E-state index in [0.717, 1.165) is 38.6 Å². The van der Waals surface area contributed by atoms with Crippen molar-refractivity contribution in [3.05, 3.63) is 11.9 Å². The number of hydrogen-bond donors (Lipinski definition) is 2. The number of nitrogens with one attached hydrogen (secondary N) is 1. The first kappa shape index (κ1) is 15.0. The quantitative estimate of drug-likeness (QED) is 0.851. The number of nitrogens with zero attached hydrogens (tertiary/aromatic N) is 3. The average molecular weight is 279 g/mol. The Morgan fingerprint density at radius 3 is 2.80 bits per heavy atom. The maximum absolute atomic E-state index is 12.1. The average Bonchev–Trinajstić information content (AvgIpc) is 2.88. The summed E-state index contributed by atoms with van der Waals surface area (Å²) in [6.07, 6.45) is 6.62. The van der Waals surface area contributed by atoms with E-state index in [9.17, 15) is 4.79 Å². The molecular formula is C14H25N5O. The van der Waals surface area contributed by atoms with Gasteiger partial charge in [-0.2, -0.15) is 0 Å². The molecule has 0 radical (unpaired) electrons. The molecule has 1 saturated carbocycles. The Bertz CT molecular complexity index is 435. The van der Waals surface area contributed by atoms with Crippen molar-refractivity contribution in [1.82, 2.24) is 20.3 Å². The molecule has 6 nitrogen and oxygen atoms in total. The highest BCUT2D eigenvalue weighted by Crippen LogP contribution is 2.17. The van der Waals surface area contributed by atoms with Crippen molar-refractivity contribution in [3.63, 3.8) is 0 Å². The van der Waals surface area contributed by atoms with Gasteiger partial charge in [-0.3, -0.25) is 9.48 Å². The number of aromatic nitrogens is 3. The van der Waals surface area contributed by atoms with Crippen molar-refractivity contribution in [1.29, 1.82) is 0 Å². The fraction of sp³-hybridized carbons (Fsp3) is 0.786. The molecule has 1 aromatic heterocycles. The Hall–Kier alpha value is -1.43. The van der Waals surface area contributed by atoms with Gasteiger partial charge in [0.2, 0.25) is 0 Å². The zero-order valence-corrected chi connectivity index (χ0v) is 12.4. The van der Waals surface area contributed by atoms with Crippen LogP contribution < -0.4 is 11.1 Å². The van der Waals surface area contributed by atoms with E-state index in [0.29, 0.717) is 17.7 Å². The molecule has 1 amide bonds. The van der Waals surface area contributed by atoms with E-state index in [2.05, 4.69) is 29.5 Å². The summed E-state index contributed by atoms with van der Waals surface area (Å²) in [5.74, 6) is 0.490. The molecule has 20 heavy (non-hydrogen) atoms. The molecule has 1 aliphatic carbocycles. The second kappa shape index (κ2) is 6.83. The highest BCUT2D eigenvalue weighted by Gasteiger charge is 2.21. The highest BCUT2D eigenvalue weighted by molar-refractivity contribution is 5.92. The third-order valence-corrected chi connectivity index (χ3v) is 3.81. The lowest BCUT2D eigenvalue weighted by Crippen LogP contribution is -2.40. The zero-order valence-electron chi connectivity index (χ0n) is 12.4. The van der Waals surface area contributed by atoms with Gasteiger partial charge in [-0.05, 0) is 38.0 Å². The summed E-state index contributed by atoms with van der Waals surface area (Å²) in [6.45, 7) is 5.13. The van der Waals surface area contributed by atoms with Crippen LogP contribution in [0.2, 0.25) is 0 Å². The van der Waals surface area contributed by atoms with E-state index in [1.54, 1.807) is 10.9 Å². The first-order valence-corrected chi connectivity index (χ1v) is 7.51. The molecule has 2 rings (SSSR count). The van der Waals surface area contributed by atoms with E-state index >= 15 is 0 Å². The van der Waals surface area contributed by atoms with Gasteiger partial charge in [0.1, 0.15) is 0 Å². The summed E-state index contributed by atoms with van der Waals surface area (Å²) in [6, 6.07) is 0.517. The smallest absolute Gasteiger partial charge is 0.273 e. The number of hydrogen-bond acceptors (Lipinski definition) is 4. The van der Waals surface area contributed by atoms with Gasteiger partial charge in [-0.1, -0.05) is 19.1 Å². The number of carbonyl (C=O) groups is 1. The molecule has 112 valence electrons. The van der Waals surface area contributed by atoms with Crippen molar-refractivity contribution < 1.29 is 4.79 Å². The predicted octanol–water partition coefficient (Wildman–Crippen LogP) is 1.32. The first-order valence-electron chi connectivity index (χ1n) is 7.51. The number of rotatable bonds is 5. The van der Waals surface area contributed by atoms with E-state index in [-0.39, 0.29) is 11.9 Å². The Labute approximate surface area is 120 Å². The molecule has 0 aromatic carbocycles. The van der Waals surface area contributed by atoms with E-state index < -0.39 is 0 Å². The lowest BCUT2D eigenvalue weighted by Gasteiger charge is -2.26. The lowest BCUT2D eigenvalue weighted by atomic mass is 9.92. The normalized spacial score (nSPS) is 23.0. The first-order chi connectivity index (χ1) is 9.54. The van der Waals surface area contributed by atoms with Crippen LogP contribution in [-0.2, 0) is 6.54 Å². The molecule has 0 atom stereocenters. The maximum atomic E-state index is 12.1. The highest BCUT2D eigenvalue weighted by atomic mass is 16.2. The summed E-state index contributed by atoms with van der Waals surface area (Å²) < 4.78 is 1.74. The van der Waals surface area contributed by atoms with Crippen molar-refractivity contribution in [2.75, 3.05) is 0 Å². The van der Waals surface area contributed by atoms with Crippen LogP contribution in [0.1, 0.15) is 56.4 Å². The van der Waals surface area contributed by atoms with Crippen molar-refractivity contribution in [2.24, 2.45) is 11.7 Å². The van der Waals surface area contributed by atoms with E-state index in [1.165, 1.54) is 0 Å². The van der Waals surface area contributed by atoms with Crippen LogP contribution in [0.25, 0.3) is 0 Å². The Morgan fingerprint density at radius 1 is 1.45 bits per heavy atom. The third kappa shape index (κ3) is 4.30. The van der Waals surface area contributed by atoms with Crippen LogP contribution in [0.4, 0.5) is 0 Å². The molecule has 0 unspecified atom stereocenters. The van der Waals surface area contributed by atoms with Gasteiger partial charge in [0.05, 0.1) is 6.20 Å². The van der Waals surface area contributed by atoms with Crippen molar-refractivity contribution in [3.8, 4) is 0 Å². The fourth-order valence-corrected chi connectivity index (χ4v) is 2.43. The van der Waals surface area contributed by atoms with Crippen LogP contribution in [0, 0.1) is 5.92 Å². The molecule has 3 N–H and O–H groups in total. The van der Waals surface area contributed by atoms with Gasteiger partial charge in [0.15, 0.2) is 5.69 Å². The van der Waals surface area contributed by atoms with E-state index in [4.69, 9.17) is 5.73 Å². The summed E-state index contributed by atoms with van der Waals surface area (Å²) in [7, 11) is 0. The third-order valence-electron chi connectivity index (χ3n) is 3.81. The van der Waals surface area contributed by atoms with Gasteiger partial charge in [-0.25, -0.2) is 0 Å². The fourth-order valence-electron chi connectivity index (χ4n) is 2.43. The van der Waals surface area contributed by atoms with Crippen LogP contribution in [-0.4, -0.2) is 33.0 Å².